The molecule has 0 saturated carbocycles. The molecule has 1 aliphatic rings. The number of hydrogen-bond donors (Lipinski definition) is 1. The van der Waals surface area contributed by atoms with Gasteiger partial charge in [-0.25, -0.2) is 0 Å². The zero-order chi connectivity index (χ0) is 14.7. The van der Waals surface area contributed by atoms with Crippen molar-refractivity contribution in [2.75, 3.05) is 32.5 Å². The fourth-order valence-corrected chi connectivity index (χ4v) is 2.39. The van der Waals surface area contributed by atoms with Crippen LogP contribution in [0.1, 0.15) is 23.7 Å². The number of halogens is 2. The van der Waals surface area contributed by atoms with Gasteiger partial charge in [-0.15, -0.1) is 12.4 Å². The highest BCUT2D eigenvalue weighted by Crippen LogP contribution is 2.30. The fraction of sp³-hybridized carbons (Fsp3) is 0.500. The number of nitrogens with zero attached hydrogens (tertiary/aromatic N) is 1. The van der Waals surface area contributed by atoms with Crippen molar-refractivity contribution in [2.45, 2.75) is 19.4 Å². The predicted molar refractivity (Wildman–Crippen MR) is 85.6 cm³/mol. The maximum Gasteiger partial charge on any atom is 0.257 e. The second-order valence-electron chi connectivity index (χ2n) is 4.73. The van der Waals surface area contributed by atoms with Crippen LogP contribution in [0, 0.1) is 0 Å². The van der Waals surface area contributed by atoms with Crippen LogP contribution in [0.4, 0.5) is 5.69 Å². The Morgan fingerprint density at radius 3 is 2.90 bits per heavy atom. The quantitative estimate of drug-likeness (QED) is 0.863. The number of nitrogen functional groups attached to an aromatic ring is 1. The monoisotopic (exact) mass is 334 g/mol. The van der Waals surface area contributed by atoms with Crippen LogP contribution >= 0.6 is 24.0 Å². The lowest BCUT2D eigenvalue weighted by molar-refractivity contribution is -0.0227. The van der Waals surface area contributed by atoms with Crippen molar-refractivity contribution in [3.63, 3.8) is 0 Å². The summed E-state index contributed by atoms with van der Waals surface area (Å²) in [5.41, 5.74) is 6.56. The van der Waals surface area contributed by atoms with E-state index in [2.05, 4.69) is 0 Å². The SMILES string of the molecule is CCC1CN(C(=O)c2cc(Cl)c(N)cc2OC)CCO1.Cl. The van der Waals surface area contributed by atoms with Gasteiger partial charge in [0.1, 0.15) is 5.75 Å². The van der Waals surface area contributed by atoms with Crippen LogP contribution in [0.2, 0.25) is 5.02 Å². The molecule has 7 heteroatoms. The molecule has 1 aromatic rings. The molecule has 0 bridgehead atoms. The summed E-state index contributed by atoms with van der Waals surface area (Å²) in [6, 6.07) is 3.14. The second-order valence-corrected chi connectivity index (χ2v) is 5.13. The molecule has 1 heterocycles. The first-order valence-corrected chi connectivity index (χ1v) is 6.98. The van der Waals surface area contributed by atoms with E-state index in [1.807, 2.05) is 6.92 Å². The van der Waals surface area contributed by atoms with E-state index in [4.69, 9.17) is 26.8 Å². The summed E-state index contributed by atoms with van der Waals surface area (Å²) in [6.07, 6.45) is 0.964. The number of benzene rings is 1. The third-order valence-corrected chi connectivity index (χ3v) is 3.76. The standard InChI is InChI=1S/C14H19ClN2O3.ClH/c1-3-9-8-17(4-5-20-9)14(18)10-6-11(15)12(16)7-13(10)19-2;/h6-7,9H,3-5,8,16H2,1-2H3;1H. The van der Waals surface area contributed by atoms with Crippen LogP contribution in [-0.2, 0) is 4.74 Å². The van der Waals surface area contributed by atoms with E-state index in [1.54, 1.807) is 17.0 Å². The largest absolute Gasteiger partial charge is 0.496 e. The summed E-state index contributed by atoms with van der Waals surface area (Å²) < 4.78 is 10.8. The zero-order valence-electron chi connectivity index (χ0n) is 12.1. The maximum atomic E-state index is 12.6. The van der Waals surface area contributed by atoms with Crippen LogP contribution in [0.5, 0.6) is 5.75 Å². The highest BCUT2D eigenvalue weighted by molar-refractivity contribution is 6.33. The molecule has 21 heavy (non-hydrogen) atoms. The van der Waals surface area contributed by atoms with Crippen LogP contribution in [0.3, 0.4) is 0 Å². The number of carbonyl (C=O) groups is 1. The van der Waals surface area contributed by atoms with Gasteiger partial charge in [0.25, 0.3) is 5.91 Å². The molecule has 0 radical (unpaired) electrons. The van der Waals surface area contributed by atoms with Gasteiger partial charge in [-0.3, -0.25) is 4.79 Å². The normalized spacial score (nSPS) is 18.0. The minimum Gasteiger partial charge on any atom is -0.496 e. The smallest absolute Gasteiger partial charge is 0.257 e. The Kier molecular flexibility index (Phi) is 6.58. The average Bonchev–Trinajstić information content (AvgIpc) is 2.48. The van der Waals surface area contributed by atoms with Gasteiger partial charge < -0.3 is 20.1 Å². The molecule has 2 rings (SSSR count). The highest BCUT2D eigenvalue weighted by atomic mass is 35.5. The van der Waals surface area contributed by atoms with E-state index in [-0.39, 0.29) is 24.4 Å². The lowest BCUT2D eigenvalue weighted by atomic mass is 10.1. The molecular formula is C14H20Cl2N2O3. The van der Waals surface area contributed by atoms with Gasteiger partial charge in [0.2, 0.25) is 0 Å². The van der Waals surface area contributed by atoms with Crippen molar-refractivity contribution in [3.05, 3.63) is 22.7 Å². The third-order valence-electron chi connectivity index (χ3n) is 3.43. The molecule has 118 valence electrons. The number of rotatable bonds is 3. The minimum atomic E-state index is -0.106. The van der Waals surface area contributed by atoms with E-state index >= 15 is 0 Å². The number of methoxy groups -OCH3 is 1. The van der Waals surface area contributed by atoms with Gasteiger partial charge in [0, 0.05) is 19.2 Å². The van der Waals surface area contributed by atoms with Crippen LogP contribution in [0.15, 0.2) is 12.1 Å². The molecule has 1 atom stereocenters. The molecule has 1 saturated heterocycles. The van der Waals surface area contributed by atoms with Crippen molar-refractivity contribution in [1.29, 1.82) is 0 Å². The Morgan fingerprint density at radius 2 is 2.29 bits per heavy atom. The van der Waals surface area contributed by atoms with Crippen LogP contribution < -0.4 is 10.5 Å². The van der Waals surface area contributed by atoms with E-state index < -0.39 is 0 Å². The van der Waals surface area contributed by atoms with E-state index in [0.717, 1.165) is 6.42 Å². The number of amides is 1. The van der Waals surface area contributed by atoms with Crippen molar-refractivity contribution in [2.24, 2.45) is 0 Å². The van der Waals surface area contributed by atoms with Gasteiger partial charge in [0.05, 0.1) is 36.1 Å². The summed E-state index contributed by atoms with van der Waals surface area (Å²) in [7, 11) is 1.51. The minimum absolute atomic E-state index is 0. The molecular weight excluding hydrogens is 315 g/mol. The maximum absolute atomic E-state index is 12.6. The van der Waals surface area contributed by atoms with E-state index in [0.29, 0.717) is 41.7 Å². The van der Waals surface area contributed by atoms with Crippen molar-refractivity contribution in [3.8, 4) is 5.75 Å². The van der Waals surface area contributed by atoms with Gasteiger partial charge in [-0.2, -0.15) is 0 Å². The second kappa shape index (κ2) is 7.73. The molecule has 1 aromatic carbocycles. The zero-order valence-corrected chi connectivity index (χ0v) is 13.7. The number of hydrogen-bond acceptors (Lipinski definition) is 4. The summed E-state index contributed by atoms with van der Waals surface area (Å²) in [4.78, 5) is 14.4. The fourth-order valence-electron chi connectivity index (χ4n) is 2.23. The molecule has 1 unspecified atom stereocenters. The van der Waals surface area contributed by atoms with Crippen molar-refractivity contribution < 1.29 is 14.3 Å². The summed E-state index contributed by atoms with van der Waals surface area (Å²) in [6.45, 7) is 3.75. The molecule has 1 amide bonds. The Bertz CT molecular complexity index is 511. The van der Waals surface area contributed by atoms with Crippen molar-refractivity contribution in [1.82, 2.24) is 4.90 Å². The first kappa shape index (κ1) is 17.9. The Morgan fingerprint density at radius 1 is 1.57 bits per heavy atom. The predicted octanol–water partition coefficient (Wildman–Crippen LogP) is 2.60. The average molecular weight is 335 g/mol. The van der Waals surface area contributed by atoms with Gasteiger partial charge in [-0.05, 0) is 12.5 Å². The number of carbonyl (C=O) groups excluding carboxylic acids is 1. The molecule has 0 aromatic heterocycles. The Hall–Kier alpha value is -1.17. The van der Waals surface area contributed by atoms with E-state index in [1.165, 1.54) is 7.11 Å². The molecule has 5 nitrogen and oxygen atoms in total. The summed E-state index contributed by atoms with van der Waals surface area (Å²) in [5, 5.41) is 0.356. The van der Waals surface area contributed by atoms with Gasteiger partial charge in [-0.1, -0.05) is 18.5 Å². The molecule has 1 aliphatic heterocycles. The number of morpholine rings is 1. The topological polar surface area (TPSA) is 64.8 Å². The number of nitrogens with two attached hydrogens (primary N) is 1. The molecule has 1 fully saturated rings. The molecule has 2 N–H and O–H groups in total. The van der Waals surface area contributed by atoms with Crippen LogP contribution in [-0.4, -0.2) is 43.7 Å². The number of ether oxygens (including phenoxy) is 2. The lowest BCUT2D eigenvalue weighted by Gasteiger charge is -2.32. The van der Waals surface area contributed by atoms with E-state index in [9.17, 15) is 4.79 Å². The van der Waals surface area contributed by atoms with Gasteiger partial charge >= 0.3 is 0 Å². The molecule has 0 spiro atoms. The summed E-state index contributed by atoms with van der Waals surface area (Å²) >= 11 is 6.01. The van der Waals surface area contributed by atoms with Gasteiger partial charge in [0.15, 0.2) is 0 Å². The lowest BCUT2D eigenvalue weighted by Crippen LogP contribution is -2.45. The highest BCUT2D eigenvalue weighted by Gasteiger charge is 2.26. The van der Waals surface area contributed by atoms with Crippen LogP contribution in [0.25, 0.3) is 0 Å². The first-order valence-electron chi connectivity index (χ1n) is 6.60. The summed E-state index contributed by atoms with van der Waals surface area (Å²) in [5.74, 6) is 0.335. The Balaban J connectivity index is 0.00000220. The Labute approximate surface area is 135 Å². The third kappa shape index (κ3) is 3.93. The molecule has 0 aliphatic carbocycles. The van der Waals surface area contributed by atoms with Crippen molar-refractivity contribution >= 4 is 35.6 Å². The number of anilines is 1. The first-order chi connectivity index (χ1) is 9.56.